The first-order valence-corrected chi connectivity index (χ1v) is 13.1. The molecule has 0 amide bonds. The van der Waals surface area contributed by atoms with Gasteiger partial charge in [-0.25, -0.2) is 0 Å². The Kier molecular flexibility index (Phi) is 9.78. The molecule has 0 aliphatic carbocycles. The predicted octanol–water partition coefficient (Wildman–Crippen LogP) is 3.21. The quantitative estimate of drug-likeness (QED) is 0.380. The highest BCUT2D eigenvalue weighted by atomic mass is 16.5. The molecule has 1 fully saturated rings. The van der Waals surface area contributed by atoms with E-state index in [1.165, 1.54) is 22.2 Å². The Morgan fingerprint density at radius 3 is 2.56 bits per heavy atom. The van der Waals surface area contributed by atoms with Crippen molar-refractivity contribution >= 4 is 10.9 Å². The molecule has 0 unspecified atom stereocenters. The summed E-state index contributed by atoms with van der Waals surface area (Å²) >= 11 is 0. The fraction of sp³-hybridized carbons (Fsp3) is 0.517. The molecule has 7 nitrogen and oxygen atoms in total. The van der Waals surface area contributed by atoms with Gasteiger partial charge in [-0.2, -0.15) is 0 Å². The minimum absolute atomic E-state index is 0.142. The van der Waals surface area contributed by atoms with Gasteiger partial charge in [-0.3, -0.25) is 9.80 Å². The third-order valence-electron chi connectivity index (χ3n) is 7.15. The van der Waals surface area contributed by atoms with Crippen molar-refractivity contribution in [2.75, 3.05) is 59.2 Å². The second-order valence-electron chi connectivity index (χ2n) is 9.75. The standard InChI is InChI=1S/C29H41N3O4/c1-23-24(2)32(29-7-4-3-6-28(23)29)22-26(34)21-31(12-5-16-33)20-25-8-10-27(11-9-25)36-19-15-30-13-17-35-18-14-30/h3-4,6-11,26,33-34H,5,12-22H2,1-2H3/t26-/m1/s1. The van der Waals surface area contributed by atoms with Crippen molar-refractivity contribution in [1.82, 2.24) is 14.4 Å². The number of aliphatic hydroxyl groups is 2. The summed E-state index contributed by atoms with van der Waals surface area (Å²) in [6.45, 7) is 12.1. The second kappa shape index (κ2) is 13.2. The molecule has 2 heterocycles. The van der Waals surface area contributed by atoms with Crippen molar-refractivity contribution in [2.24, 2.45) is 0 Å². The maximum atomic E-state index is 11.0. The first kappa shape index (κ1) is 26.6. The average molecular weight is 496 g/mol. The van der Waals surface area contributed by atoms with E-state index >= 15 is 0 Å². The van der Waals surface area contributed by atoms with Gasteiger partial charge in [0, 0.05) is 62.5 Å². The van der Waals surface area contributed by atoms with Gasteiger partial charge in [0.15, 0.2) is 0 Å². The maximum Gasteiger partial charge on any atom is 0.119 e. The first-order valence-electron chi connectivity index (χ1n) is 13.1. The van der Waals surface area contributed by atoms with E-state index in [2.05, 4.69) is 58.5 Å². The summed E-state index contributed by atoms with van der Waals surface area (Å²) in [5, 5.41) is 21.7. The van der Waals surface area contributed by atoms with E-state index in [0.717, 1.165) is 57.2 Å². The summed E-state index contributed by atoms with van der Waals surface area (Å²) in [4.78, 5) is 4.59. The number of fused-ring (bicyclic) bond motifs is 1. The van der Waals surface area contributed by atoms with Crippen molar-refractivity contribution in [3.63, 3.8) is 0 Å². The zero-order chi connectivity index (χ0) is 25.3. The molecule has 0 radical (unpaired) electrons. The lowest BCUT2D eigenvalue weighted by Crippen LogP contribution is -2.38. The van der Waals surface area contributed by atoms with Crippen LogP contribution >= 0.6 is 0 Å². The maximum absolute atomic E-state index is 11.0. The largest absolute Gasteiger partial charge is 0.492 e. The van der Waals surface area contributed by atoms with Crippen LogP contribution in [0.15, 0.2) is 48.5 Å². The van der Waals surface area contributed by atoms with Gasteiger partial charge in [-0.1, -0.05) is 30.3 Å². The number of ether oxygens (including phenoxy) is 2. The van der Waals surface area contributed by atoms with Crippen LogP contribution in [0.5, 0.6) is 5.75 Å². The van der Waals surface area contributed by atoms with Crippen molar-refractivity contribution in [3.05, 3.63) is 65.4 Å². The van der Waals surface area contributed by atoms with E-state index in [-0.39, 0.29) is 6.61 Å². The van der Waals surface area contributed by atoms with Crippen LogP contribution in [0.2, 0.25) is 0 Å². The fourth-order valence-electron chi connectivity index (χ4n) is 5.00. The third kappa shape index (κ3) is 7.08. The molecule has 2 aromatic carbocycles. The molecular weight excluding hydrogens is 454 g/mol. The first-order chi connectivity index (χ1) is 17.5. The van der Waals surface area contributed by atoms with Gasteiger partial charge >= 0.3 is 0 Å². The monoisotopic (exact) mass is 495 g/mol. The summed E-state index contributed by atoms with van der Waals surface area (Å²) in [5.74, 6) is 0.874. The fourth-order valence-corrected chi connectivity index (χ4v) is 5.00. The molecule has 0 spiro atoms. The van der Waals surface area contributed by atoms with E-state index in [9.17, 15) is 10.2 Å². The number of para-hydroxylation sites is 1. The molecule has 3 aromatic rings. The van der Waals surface area contributed by atoms with Crippen molar-refractivity contribution in [3.8, 4) is 5.75 Å². The lowest BCUT2D eigenvalue weighted by Gasteiger charge is -2.26. The van der Waals surface area contributed by atoms with Crippen molar-refractivity contribution < 1.29 is 19.7 Å². The number of aryl methyl sites for hydroxylation is 1. The number of morpholine rings is 1. The summed E-state index contributed by atoms with van der Waals surface area (Å²) in [6, 6.07) is 16.6. The molecule has 2 N–H and O–H groups in total. The number of hydrogen-bond donors (Lipinski definition) is 2. The van der Waals surface area contributed by atoms with Crippen LogP contribution in [0.4, 0.5) is 0 Å². The lowest BCUT2D eigenvalue weighted by atomic mass is 10.2. The summed E-state index contributed by atoms with van der Waals surface area (Å²) < 4.78 is 13.6. The number of rotatable bonds is 13. The van der Waals surface area contributed by atoms with Gasteiger partial charge < -0.3 is 24.3 Å². The normalized spacial score (nSPS) is 15.6. The zero-order valence-corrected chi connectivity index (χ0v) is 21.7. The van der Waals surface area contributed by atoms with E-state index in [4.69, 9.17) is 9.47 Å². The van der Waals surface area contributed by atoms with Crippen LogP contribution in [0.25, 0.3) is 10.9 Å². The third-order valence-corrected chi connectivity index (χ3v) is 7.15. The van der Waals surface area contributed by atoms with Gasteiger partial charge in [0.1, 0.15) is 12.4 Å². The Labute approximate surface area is 214 Å². The molecule has 196 valence electrons. The van der Waals surface area contributed by atoms with E-state index in [0.29, 0.717) is 26.1 Å². The lowest BCUT2D eigenvalue weighted by molar-refractivity contribution is 0.0322. The summed E-state index contributed by atoms with van der Waals surface area (Å²) in [6.07, 6.45) is 0.167. The molecule has 1 aliphatic rings. The van der Waals surface area contributed by atoms with Crippen LogP contribution in [-0.2, 0) is 17.8 Å². The van der Waals surface area contributed by atoms with Crippen molar-refractivity contribution in [2.45, 2.75) is 39.5 Å². The van der Waals surface area contributed by atoms with Gasteiger partial charge in [-0.15, -0.1) is 0 Å². The molecule has 4 rings (SSSR count). The van der Waals surface area contributed by atoms with Crippen LogP contribution in [-0.4, -0.2) is 89.8 Å². The predicted molar refractivity (Wildman–Crippen MR) is 144 cm³/mol. The molecule has 0 saturated carbocycles. The summed E-state index contributed by atoms with van der Waals surface area (Å²) in [7, 11) is 0. The highest BCUT2D eigenvalue weighted by molar-refractivity contribution is 5.85. The van der Waals surface area contributed by atoms with Crippen LogP contribution in [0.1, 0.15) is 23.2 Å². The minimum Gasteiger partial charge on any atom is -0.492 e. The number of aromatic nitrogens is 1. The molecule has 0 bridgehead atoms. The van der Waals surface area contributed by atoms with Crippen LogP contribution < -0.4 is 4.74 Å². The van der Waals surface area contributed by atoms with E-state index in [1.54, 1.807) is 0 Å². The SMILES string of the molecule is Cc1c(C)n(C[C@H](O)CN(CCCO)Cc2ccc(OCCN3CCOCC3)cc2)c2ccccc12. The van der Waals surface area contributed by atoms with Gasteiger partial charge in [-0.05, 0) is 49.6 Å². The minimum atomic E-state index is -0.514. The Balaban J connectivity index is 1.32. The van der Waals surface area contributed by atoms with Gasteiger partial charge in [0.05, 0.1) is 25.9 Å². The number of hydrogen-bond acceptors (Lipinski definition) is 6. The molecule has 1 atom stereocenters. The number of benzene rings is 2. The average Bonchev–Trinajstić information content (AvgIpc) is 3.14. The smallest absolute Gasteiger partial charge is 0.119 e. The van der Waals surface area contributed by atoms with E-state index in [1.807, 2.05) is 18.2 Å². The van der Waals surface area contributed by atoms with Crippen LogP contribution in [0, 0.1) is 13.8 Å². The Bertz CT molecular complexity index is 1080. The zero-order valence-electron chi connectivity index (χ0n) is 21.7. The highest BCUT2D eigenvalue weighted by Gasteiger charge is 2.17. The van der Waals surface area contributed by atoms with Crippen LogP contribution in [0.3, 0.4) is 0 Å². The Hall–Kier alpha value is -2.42. The number of nitrogens with zero attached hydrogens (tertiary/aromatic N) is 3. The highest BCUT2D eigenvalue weighted by Crippen LogP contribution is 2.25. The molecule has 36 heavy (non-hydrogen) atoms. The second-order valence-corrected chi connectivity index (χ2v) is 9.75. The van der Waals surface area contributed by atoms with Crippen molar-refractivity contribution in [1.29, 1.82) is 0 Å². The Morgan fingerprint density at radius 2 is 1.81 bits per heavy atom. The molecule has 1 saturated heterocycles. The Morgan fingerprint density at radius 1 is 1.06 bits per heavy atom. The molecular formula is C29H41N3O4. The molecule has 1 aromatic heterocycles. The molecule has 7 heteroatoms. The molecule has 1 aliphatic heterocycles. The summed E-state index contributed by atoms with van der Waals surface area (Å²) in [5.41, 5.74) is 4.79. The van der Waals surface area contributed by atoms with Gasteiger partial charge in [0.25, 0.3) is 0 Å². The number of aliphatic hydroxyl groups excluding tert-OH is 2. The van der Waals surface area contributed by atoms with E-state index < -0.39 is 6.10 Å². The van der Waals surface area contributed by atoms with Gasteiger partial charge in [0.2, 0.25) is 0 Å². The topological polar surface area (TPSA) is 70.3 Å².